The molecule has 0 aliphatic heterocycles. The number of aromatic nitrogens is 2. The smallest absolute Gasteiger partial charge is 0.228 e. The van der Waals surface area contributed by atoms with Crippen molar-refractivity contribution in [2.45, 2.75) is 59.6 Å². The lowest BCUT2D eigenvalue weighted by molar-refractivity contribution is 0.0518. The molecule has 5 heteroatoms. The highest BCUT2D eigenvalue weighted by atomic mass is 16.5. The molecule has 2 N–H and O–H groups in total. The van der Waals surface area contributed by atoms with E-state index in [2.05, 4.69) is 30.9 Å². The van der Waals surface area contributed by atoms with E-state index in [0.717, 1.165) is 6.42 Å². The largest absolute Gasteiger partial charge is 0.370 e. The number of nitrogens with two attached hydrogens (primary N) is 1. The molecule has 0 spiro atoms. The second kappa shape index (κ2) is 6.29. The minimum Gasteiger partial charge on any atom is -0.370 e. The second-order valence-electron chi connectivity index (χ2n) is 5.58. The van der Waals surface area contributed by atoms with Crippen LogP contribution in [0.25, 0.3) is 0 Å². The Morgan fingerprint density at radius 1 is 1.33 bits per heavy atom. The molecule has 0 saturated carbocycles. The maximum Gasteiger partial charge on any atom is 0.228 e. The molecule has 5 nitrogen and oxygen atoms in total. The summed E-state index contributed by atoms with van der Waals surface area (Å²) in [7, 11) is 0. The molecule has 0 fully saturated rings. The fraction of sp³-hybridized carbons (Fsp3) is 0.846. The van der Waals surface area contributed by atoms with Crippen LogP contribution in [0.4, 0.5) is 0 Å². The van der Waals surface area contributed by atoms with Gasteiger partial charge < -0.3 is 15.0 Å². The van der Waals surface area contributed by atoms with Crippen LogP contribution in [0.3, 0.4) is 0 Å². The van der Waals surface area contributed by atoms with Crippen molar-refractivity contribution in [3.8, 4) is 0 Å². The zero-order valence-corrected chi connectivity index (χ0v) is 12.1. The number of nitrogens with zero attached hydrogens (tertiary/aromatic N) is 2. The zero-order valence-electron chi connectivity index (χ0n) is 12.1. The summed E-state index contributed by atoms with van der Waals surface area (Å²) in [4.78, 5) is 4.37. The summed E-state index contributed by atoms with van der Waals surface area (Å²) < 4.78 is 10.8. The van der Waals surface area contributed by atoms with Crippen LogP contribution in [0.2, 0.25) is 0 Å². The summed E-state index contributed by atoms with van der Waals surface area (Å²) in [5, 5.41) is 3.97. The van der Waals surface area contributed by atoms with Crippen LogP contribution >= 0.6 is 0 Å². The number of rotatable bonds is 6. The highest BCUT2D eigenvalue weighted by Gasteiger charge is 2.24. The molecule has 1 heterocycles. The Bertz CT molecular complexity index is 357. The minimum absolute atomic E-state index is 0.00188. The lowest BCUT2D eigenvalue weighted by atomic mass is 9.85. The number of hydrogen-bond acceptors (Lipinski definition) is 5. The van der Waals surface area contributed by atoms with Crippen LogP contribution in [0.15, 0.2) is 4.52 Å². The van der Waals surface area contributed by atoms with E-state index in [4.69, 9.17) is 15.0 Å². The van der Waals surface area contributed by atoms with Gasteiger partial charge in [-0.05, 0) is 18.8 Å². The molecular formula is C13H25N3O2. The van der Waals surface area contributed by atoms with Crippen LogP contribution in [0.1, 0.15) is 58.9 Å². The first kappa shape index (κ1) is 15.1. The predicted molar refractivity (Wildman–Crippen MR) is 70.1 cm³/mol. The topological polar surface area (TPSA) is 74.2 Å². The molecule has 104 valence electrons. The quantitative estimate of drug-likeness (QED) is 0.845. The summed E-state index contributed by atoms with van der Waals surface area (Å²) in [6.45, 7) is 10.9. The lowest BCUT2D eigenvalue weighted by Crippen LogP contribution is -2.37. The van der Waals surface area contributed by atoms with Crippen LogP contribution in [0, 0.1) is 5.41 Å². The molecule has 0 radical (unpaired) electrons. The summed E-state index contributed by atoms with van der Waals surface area (Å²) in [5.41, 5.74) is 6.13. The number of hydrogen-bond donors (Lipinski definition) is 1. The Kier molecular flexibility index (Phi) is 5.28. The Labute approximate surface area is 109 Å². The molecule has 0 saturated heterocycles. The van der Waals surface area contributed by atoms with E-state index in [1.807, 2.05) is 13.8 Å². The van der Waals surface area contributed by atoms with Gasteiger partial charge in [0.05, 0.1) is 0 Å². The van der Waals surface area contributed by atoms with Gasteiger partial charge in [-0.25, -0.2) is 0 Å². The van der Waals surface area contributed by atoms with E-state index in [9.17, 15) is 0 Å². The van der Waals surface area contributed by atoms with Gasteiger partial charge in [0.2, 0.25) is 11.7 Å². The Hall–Kier alpha value is -0.940. The van der Waals surface area contributed by atoms with Crippen molar-refractivity contribution < 1.29 is 9.26 Å². The van der Waals surface area contributed by atoms with E-state index in [1.54, 1.807) is 0 Å². The monoisotopic (exact) mass is 255 g/mol. The Morgan fingerprint density at radius 3 is 2.50 bits per heavy atom. The first-order valence-electron chi connectivity index (χ1n) is 6.58. The van der Waals surface area contributed by atoms with Crippen LogP contribution in [0.5, 0.6) is 0 Å². The normalized spacial score (nSPS) is 15.7. The van der Waals surface area contributed by atoms with Crippen molar-refractivity contribution in [1.82, 2.24) is 10.1 Å². The summed E-state index contributed by atoms with van der Waals surface area (Å²) >= 11 is 0. The van der Waals surface area contributed by atoms with Gasteiger partial charge in [-0.15, -0.1) is 0 Å². The van der Waals surface area contributed by atoms with Gasteiger partial charge in [0.25, 0.3) is 0 Å². The predicted octanol–water partition coefficient (Wildman–Crippen LogP) is 2.47. The zero-order chi connectivity index (χ0) is 13.8. The first-order valence-corrected chi connectivity index (χ1v) is 6.58. The van der Waals surface area contributed by atoms with Crippen LogP contribution < -0.4 is 5.73 Å². The van der Waals surface area contributed by atoms with Gasteiger partial charge in [-0.3, -0.25) is 0 Å². The molecule has 1 aromatic rings. The molecule has 0 amide bonds. The average Bonchev–Trinajstić information content (AvgIpc) is 2.73. The van der Waals surface area contributed by atoms with Gasteiger partial charge in [-0.2, -0.15) is 4.98 Å². The van der Waals surface area contributed by atoms with Crippen molar-refractivity contribution in [2.24, 2.45) is 11.1 Å². The van der Waals surface area contributed by atoms with Crippen LogP contribution in [-0.4, -0.2) is 22.8 Å². The van der Waals surface area contributed by atoms with E-state index in [-0.39, 0.29) is 17.6 Å². The highest BCUT2D eigenvalue weighted by molar-refractivity contribution is 4.94. The van der Waals surface area contributed by atoms with Gasteiger partial charge in [0.15, 0.2) is 0 Å². The molecular weight excluding hydrogens is 230 g/mol. The van der Waals surface area contributed by atoms with Gasteiger partial charge in [0, 0.05) is 19.1 Å². The second-order valence-corrected chi connectivity index (χ2v) is 5.58. The van der Waals surface area contributed by atoms with E-state index in [1.165, 1.54) is 0 Å². The molecule has 2 atom stereocenters. The Morgan fingerprint density at radius 2 is 2.00 bits per heavy atom. The third-order valence-electron chi connectivity index (χ3n) is 3.02. The molecule has 0 aromatic carbocycles. The third-order valence-corrected chi connectivity index (χ3v) is 3.02. The molecule has 18 heavy (non-hydrogen) atoms. The Balaban J connectivity index is 2.68. The van der Waals surface area contributed by atoms with Gasteiger partial charge in [-0.1, -0.05) is 32.9 Å². The fourth-order valence-electron chi connectivity index (χ4n) is 1.55. The van der Waals surface area contributed by atoms with Crippen molar-refractivity contribution in [3.63, 3.8) is 0 Å². The van der Waals surface area contributed by atoms with Crippen molar-refractivity contribution in [2.75, 3.05) is 6.61 Å². The fourth-order valence-corrected chi connectivity index (χ4v) is 1.55. The lowest BCUT2D eigenvalue weighted by Gasteiger charge is -2.25. The van der Waals surface area contributed by atoms with Crippen LogP contribution in [-0.2, 0) is 11.2 Å². The third kappa shape index (κ3) is 4.07. The van der Waals surface area contributed by atoms with E-state index < -0.39 is 0 Å². The van der Waals surface area contributed by atoms with E-state index in [0.29, 0.717) is 24.7 Å². The van der Waals surface area contributed by atoms with E-state index >= 15 is 0 Å². The maximum atomic E-state index is 6.10. The minimum atomic E-state index is -0.0849. The van der Waals surface area contributed by atoms with Crippen molar-refractivity contribution in [1.29, 1.82) is 0 Å². The molecule has 0 aliphatic carbocycles. The molecule has 0 aliphatic rings. The SMILES string of the molecule is CCOC(CC)c1noc(CC(N)C(C)(C)C)n1. The summed E-state index contributed by atoms with van der Waals surface area (Å²) in [5.74, 6) is 1.21. The standard InChI is InChI=1S/C13H25N3O2/c1-6-9(17-7-2)12-15-11(18-16-12)8-10(14)13(3,4)5/h9-10H,6-8,14H2,1-5H3. The van der Waals surface area contributed by atoms with Crippen molar-refractivity contribution >= 4 is 0 Å². The van der Waals surface area contributed by atoms with Crippen molar-refractivity contribution in [3.05, 3.63) is 11.7 Å². The molecule has 1 aromatic heterocycles. The molecule has 2 unspecified atom stereocenters. The molecule has 1 rings (SSSR count). The first-order chi connectivity index (χ1) is 8.38. The average molecular weight is 255 g/mol. The maximum absolute atomic E-state index is 6.10. The van der Waals surface area contributed by atoms with Gasteiger partial charge >= 0.3 is 0 Å². The summed E-state index contributed by atoms with van der Waals surface area (Å²) in [6, 6.07) is -0.00188. The van der Waals surface area contributed by atoms with Gasteiger partial charge in [0.1, 0.15) is 6.10 Å². The highest BCUT2D eigenvalue weighted by Crippen LogP contribution is 2.22. The molecule has 0 bridgehead atoms. The number of ether oxygens (including phenoxy) is 1. The summed E-state index contributed by atoms with van der Waals surface area (Å²) in [6.07, 6.45) is 1.34.